The van der Waals surface area contributed by atoms with Crippen molar-refractivity contribution in [3.63, 3.8) is 0 Å². The maximum Gasteiger partial charge on any atom is 0.419 e. The Balaban J connectivity index is 3.20. The first-order chi connectivity index (χ1) is 6.45. The van der Waals surface area contributed by atoms with Gasteiger partial charge in [0.15, 0.2) is 0 Å². The predicted octanol–water partition coefficient (Wildman–Crippen LogP) is 3.79. The predicted molar refractivity (Wildman–Crippen MR) is 40.2 cm³/mol. The minimum Gasteiger partial charge on any atom is -0.206 e. The fourth-order valence-corrected chi connectivity index (χ4v) is 0.848. The molecule has 0 heterocycles. The molecule has 0 saturated heterocycles. The highest BCUT2D eigenvalue weighted by atomic mass is 19.4. The minimum absolute atomic E-state index is 0.196. The number of nitrogens with zero attached hydrogens (tertiary/aromatic N) is 3. The third kappa shape index (κ3) is 2.14. The van der Waals surface area contributed by atoms with Gasteiger partial charge in [-0.2, -0.15) is 13.2 Å². The van der Waals surface area contributed by atoms with Crippen LogP contribution >= 0.6 is 0 Å². The molecular formula is C7H3F4N3. The van der Waals surface area contributed by atoms with E-state index in [4.69, 9.17) is 5.53 Å². The normalized spacial score (nSPS) is 10.9. The Morgan fingerprint density at radius 1 is 1.29 bits per heavy atom. The van der Waals surface area contributed by atoms with Crippen molar-refractivity contribution >= 4 is 5.69 Å². The van der Waals surface area contributed by atoms with Crippen LogP contribution in [0, 0.1) is 5.82 Å². The molecule has 0 saturated carbocycles. The Hall–Kier alpha value is -1.75. The largest absolute Gasteiger partial charge is 0.419 e. The van der Waals surface area contributed by atoms with Gasteiger partial charge in [0.05, 0.1) is 5.56 Å². The van der Waals surface area contributed by atoms with Gasteiger partial charge in [0.2, 0.25) is 0 Å². The number of rotatable bonds is 1. The molecule has 0 bridgehead atoms. The molecule has 1 aromatic rings. The highest BCUT2D eigenvalue weighted by molar-refractivity contribution is 5.40. The first-order valence-corrected chi connectivity index (χ1v) is 3.37. The Kier molecular flexibility index (Phi) is 2.62. The lowest BCUT2D eigenvalue weighted by Crippen LogP contribution is -2.07. The molecule has 14 heavy (non-hydrogen) atoms. The van der Waals surface area contributed by atoms with Crippen LogP contribution in [0.15, 0.2) is 23.3 Å². The molecule has 0 unspecified atom stereocenters. The molecular weight excluding hydrogens is 202 g/mol. The number of halogens is 4. The van der Waals surface area contributed by atoms with Crippen LogP contribution in [0.2, 0.25) is 0 Å². The summed E-state index contributed by atoms with van der Waals surface area (Å²) in [6.07, 6.45) is -4.74. The van der Waals surface area contributed by atoms with Gasteiger partial charge in [-0.3, -0.25) is 0 Å². The zero-order chi connectivity index (χ0) is 10.8. The molecule has 3 nitrogen and oxygen atoms in total. The summed E-state index contributed by atoms with van der Waals surface area (Å²) in [5, 5.41) is 2.96. The number of alkyl halides is 3. The topological polar surface area (TPSA) is 48.8 Å². The van der Waals surface area contributed by atoms with E-state index in [1.165, 1.54) is 0 Å². The van der Waals surface area contributed by atoms with Gasteiger partial charge in [0.1, 0.15) is 5.82 Å². The third-order valence-electron chi connectivity index (χ3n) is 1.42. The quantitative estimate of drug-likeness (QED) is 0.290. The summed E-state index contributed by atoms with van der Waals surface area (Å²) in [6.45, 7) is 0. The molecule has 0 aliphatic rings. The summed E-state index contributed by atoms with van der Waals surface area (Å²) in [6, 6.07) is 1.95. The third-order valence-corrected chi connectivity index (χ3v) is 1.42. The van der Waals surface area contributed by atoms with Gasteiger partial charge in [0.25, 0.3) is 0 Å². The van der Waals surface area contributed by atoms with Crippen molar-refractivity contribution in [2.45, 2.75) is 6.18 Å². The van der Waals surface area contributed by atoms with E-state index < -0.39 is 17.6 Å². The number of hydrogen-bond donors (Lipinski definition) is 0. The number of azide groups is 1. The maximum atomic E-state index is 12.8. The first-order valence-electron chi connectivity index (χ1n) is 3.37. The number of hydrogen-bond acceptors (Lipinski definition) is 1. The average molecular weight is 205 g/mol. The van der Waals surface area contributed by atoms with Crippen LogP contribution < -0.4 is 0 Å². The van der Waals surface area contributed by atoms with Crippen molar-refractivity contribution in [1.82, 2.24) is 0 Å². The molecule has 74 valence electrons. The minimum atomic E-state index is -4.74. The van der Waals surface area contributed by atoms with Crippen LogP contribution in [0.4, 0.5) is 23.2 Å². The van der Waals surface area contributed by atoms with Crippen LogP contribution in [0.3, 0.4) is 0 Å². The SMILES string of the molecule is [N-]=[N+]=Nc1ccc(C(F)(F)F)c(F)c1. The van der Waals surface area contributed by atoms with E-state index in [9.17, 15) is 17.6 Å². The van der Waals surface area contributed by atoms with Gasteiger partial charge in [-0.1, -0.05) is 11.2 Å². The monoisotopic (exact) mass is 205 g/mol. The molecule has 1 rings (SSSR count). The molecule has 1 aromatic carbocycles. The van der Waals surface area contributed by atoms with Gasteiger partial charge >= 0.3 is 6.18 Å². The smallest absolute Gasteiger partial charge is 0.206 e. The van der Waals surface area contributed by atoms with Crippen molar-refractivity contribution in [3.8, 4) is 0 Å². The van der Waals surface area contributed by atoms with Crippen LogP contribution in [0.25, 0.3) is 10.4 Å². The zero-order valence-corrected chi connectivity index (χ0v) is 6.59. The molecule has 0 fully saturated rings. The lowest BCUT2D eigenvalue weighted by Gasteiger charge is -2.07. The first kappa shape index (κ1) is 10.3. The van der Waals surface area contributed by atoms with Gasteiger partial charge in [-0.15, -0.1) is 0 Å². The van der Waals surface area contributed by atoms with Gasteiger partial charge < -0.3 is 0 Å². The van der Waals surface area contributed by atoms with Crippen molar-refractivity contribution < 1.29 is 17.6 Å². The summed E-state index contributed by atoms with van der Waals surface area (Å²) in [7, 11) is 0. The molecule has 0 aliphatic carbocycles. The molecule has 7 heteroatoms. The van der Waals surface area contributed by atoms with E-state index in [0.717, 1.165) is 6.07 Å². The van der Waals surface area contributed by atoms with Crippen molar-refractivity contribution in [2.75, 3.05) is 0 Å². The summed E-state index contributed by atoms with van der Waals surface area (Å²) in [5.41, 5.74) is 6.38. The second kappa shape index (κ2) is 3.55. The fourth-order valence-electron chi connectivity index (χ4n) is 0.848. The van der Waals surface area contributed by atoms with Crippen molar-refractivity contribution in [3.05, 3.63) is 40.0 Å². The molecule has 0 atom stereocenters. The van der Waals surface area contributed by atoms with Crippen LogP contribution in [-0.4, -0.2) is 0 Å². The standard InChI is InChI=1S/C7H3F4N3/c8-6-3-4(13-14-12)1-2-5(6)7(9,10)11/h1-3H. The summed E-state index contributed by atoms with van der Waals surface area (Å²) >= 11 is 0. The van der Waals surface area contributed by atoms with Crippen LogP contribution in [0.1, 0.15) is 5.56 Å². The fraction of sp³-hybridized carbons (Fsp3) is 0.143. The summed E-state index contributed by atoms with van der Waals surface area (Å²) in [5.74, 6) is -1.46. The second-order valence-electron chi connectivity index (χ2n) is 2.35. The highest BCUT2D eigenvalue weighted by Gasteiger charge is 2.33. The summed E-state index contributed by atoms with van der Waals surface area (Å²) < 4.78 is 48.8. The number of benzene rings is 1. The lowest BCUT2D eigenvalue weighted by molar-refractivity contribution is -0.139. The molecule has 0 amide bonds. The maximum absolute atomic E-state index is 12.8. The zero-order valence-electron chi connectivity index (χ0n) is 6.59. The van der Waals surface area contributed by atoms with Gasteiger partial charge in [-0.25, -0.2) is 4.39 Å². The van der Waals surface area contributed by atoms with Gasteiger partial charge in [0, 0.05) is 10.6 Å². The summed E-state index contributed by atoms with van der Waals surface area (Å²) in [4.78, 5) is 2.32. The van der Waals surface area contributed by atoms with E-state index in [-0.39, 0.29) is 5.69 Å². The van der Waals surface area contributed by atoms with Gasteiger partial charge in [-0.05, 0) is 17.7 Å². The van der Waals surface area contributed by atoms with E-state index in [1.54, 1.807) is 0 Å². The average Bonchev–Trinajstić information content (AvgIpc) is 2.02. The second-order valence-corrected chi connectivity index (χ2v) is 2.35. The molecule has 0 radical (unpaired) electrons. The van der Waals surface area contributed by atoms with Crippen molar-refractivity contribution in [2.24, 2.45) is 5.11 Å². The molecule has 0 aromatic heterocycles. The Labute approximate surface area is 75.6 Å². The van der Waals surface area contributed by atoms with E-state index in [1.807, 2.05) is 0 Å². The van der Waals surface area contributed by atoms with E-state index in [0.29, 0.717) is 12.1 Å². The lowest BCUT2D eigenvalue weighted by atomic mass is 10.2. The van der Waals surface area contributed by atoms with E-state index >= 15 is 0 Å². The Morgan fingerprint density at radius 2 is 1.93 bits per heavy atom. The molecule has 0 N–H and O–H groups in total. The molecule has 0 aliphatic heterocycles. The van der Waals surface area contributed by atoms with Crippen LogP contribution in [0.5, 0.6) is 0 Å². The Morgan fingerprint density at radius 3 is 2.36 bits per heavy atom. The highest BCUT2D eigenvalue weighted by Crippen LogP contribution is 2.32. The van der Waals surface area contributed by atoms with Crippen LogP contribution in [-0.2, 0) is 6.18 Å². The molecule has 0 spiro atoms. The Bertz CT molecular complexity index is 392. The van der Waals surface area contributed by atoms with Crippen molar-refractivity contribution in [1.29, 1.82) is 0 Å². The van der Waals surface area contributed by atoms with E-state index in [2.05, 4.69) is 10.0 Å².